The van der Waals surface area contributed by atoms with Gasteiger partial charge in [0.05, 0.1) is 0 Å². The molecule has 0 radical (unpaired) electrons. The maximum Gasteiger partial charge on any atom is 0.0454 e. The predicted octanol–water partition coefficient (Wildman–Crippen LogP) is 4.18. The lowest BCUT2D eigenvalue weighted by molar-refractivity contribution is 0.0863. The smallest absolute Gasteiger partial charge is 0.0454 e. The van der Waals surface area contributed by atoms with Gasteiger partial charge in [0.2, 0.25) is 0 Å². The fourth-order valence-corrected chi connectivity index (χ4v) is 3.09. The van der Waals surface area contributed by atoms with Crippen LogP contribution < -0.4 is 5.32 Å². The van der Waals surface area contributed by atoms with Crippen molar-refractivity contribution in [1.29, 1.82) is 0 Å². The second-order valence-electron chi connectivity index (χ2n) is 6.08. The lowest BCUT2D eigenvalue weighted by atomic mass is 9.81. The first-order valence-corrected chi connectivity index (χ1v) is 7.07. The first-order chi connectivity index (χ1) is 8.50. The molecule has 0 bridgehead atoms. The Labute approximate surface area is 140 Å². The summed E-state index contributed by atoms with van der Waals surface area (Å²) in [5.41, 5.74) is 1.44. The standard InChI is InChI=1S/C15H23ClN2.2ClH/c1-15(2,3)14(18-10-8-17-9-11-18)12-6-4-5-7-13(12)16;;/h4-7,14,17H,8-11H2,1-3H3;2*1H/t14-;;/m1../s1. The van der Waals surface area contributed by atoms with E-state index in [1.807, 2.05) is 12.1 Å². The van der Waals surface area contributed by atoms with Gasteiger partial charge in [-0.25, -0.2) is 0 Å². The molecule has 0 aromatic heterocycles. The van der Waals surface area contributed by atoms with Crippen molar-refractivity contribution in [3.05, 3.63) is 34.9 Å². The quantitative estimate of drug-likeness (QED) is 0.869. The first-order valence-electron chi connectivity index (χ1n) is 6.69. The van der Waals surface area contributed by atoms with Crippen molar-refractivity contribution >= 4 is 36.4 Å². The van der Waals surface area contributed by atoms with E-state index in [-0.39, 0.29) is 30.2 Å². The summed E-state index contributed by atoms with van der Waals surface area (Å²) in [6.07, 6.45) is 0. The highest BCUT2D eigenvalue weighted by molar-refractivity contribution is 6.31. The topological polar surface area (TPSA) is 15.3 Å². The Morgan fingerprint density at radius 1 is 1.10 bits per heavy atom. The number of hydrogen-bond donors (Lipinski definition) is 1. The van der Waals surface area contributed by atoms with Crippen LogP contribution in [0.15, 0.2) is 24.3 Å². The third-order valence-electron chi connectivity index (χ3n) is 3.54. The van der Waals surface area contributed by atoms with Crippen molar-refractivity contribution in [2.45, 2.75) is 26.8 Å². The molecule has 1 heterocycles. The van der Waals surface area contributed by atoms with E-state index in [1.165, 1.54) is 5.56 Å². The molecule has 1 aromatic rings. The van der Waals surface area contributed by atoms with Gasteiger partial charge in [0.25, 0.3) is 0 Å². The fourth-order valence-electron chi connectivity index (χ4n) is 2.85. The van der Waals surface area contributed by atoms with Crippen molar-refractivity contribution in [3.8, 4) is 0 Å². The minimum absolute atomic E-state index is 0. The summed E-state index contributed by atoms with van der Waals surface area (Å²) in [4.78, 5) is 2.55. The van der Waals surface area contributed by atoms with Crippen molar-refractivity contribution in [3.63, 3.8) is 0 Å². The van der Waals surface area contributed by atoms with E-state index < -0.39 is 0 Å². The Morgan fingerprint density at radius 3 is 2.15 bits per heavy atom. The molecule has 1 atom stereocenters. The molecular formula is C15H25Cl3N2. The Morgan fingerprint density at radius 2 is 1.65 bits per heavy atom. The number of piperazine rings is 1. The molecule has 1 aliphatic heterocycles. The van der Waals surface area contributed by atoms with Crippen LogP contribution >= 0.6 is 36.4 Å². The number of rotatable bonds is 2. The van der Waals surface area contributed by atoms with Crippen molar-refractivity contribution in [1.82, 2.24) is 10.2 Å². The average molecular weight is 340 g/mol. The Kier molecular flexibility index (Phi) is 8.46. The van der Waals surface area contributed by atoms with E-state index in [4.69, 9.17) is 11.6 Å². The van der Waals surface area contributed by atoms with Crippen LogP contribution in [0, 0.1) is 5.41 Å². The van der Waals surface area contributed by atoms with Crippen molar-refractivity contribution in [2.24, 2.45) is 5.41 Å². The molecular weight excluding hydrogens is 315 g/mol. The Bertz CT molecular complexity index is 398. The minimum Gasteiger partial charge on any atom is -0.314 e. The molecule has 20 heavy (non-hydrogen) atoms. The fraction of sp³-hybridized carbons (Fsp3) is 0.600. The lowest BCUT2D eigenvalue weighted by Gasteiger charge is -2.43. The Balaban J connectivity index is 0.00000180. The number of benzene rings is 1. The van der Waals surface area contributed by atoms with E-state index in [1.54, 1.807) is 0 Å². The van der Waals surface area contributed by atoms with Crippen molar-refractivity contribution < 1.29 is 0 Å². The van der Waals surface area contributed by atoms with Gasteiger partial charge in [0, 0.05) is 37.2 Å². The highest BCUT2D eigenvalue weighted by Crippen LogP contribution is 2.40. The highest BCUT2D eigenvalue weighted by Gasteiger charge is 2.33. The number of halogens is 3. The summed E-state index contributed by atoms with van der Waals surface area (Å²) in [6.45, 7) is 11.2. The normalized spacial score (nSPS) is 17.8. The van der Waals surface area contributed by atoms with Crippen LogP contribution in [0.2, 0.25) is 5.02 Å². The van der Waals surface area contributed by atoms with Gasteiger partial charge >= 0.3 is 0 Å². The van der Waals surface area contributed by atoms with Crippen LogP contribution in [-0.4, -0.2) is 31.1 Å². The van der Waals surface area contributed by atoms with Gasteiger partial charge in [-0.2, -0.15) is 0 Å². The van der Waals surface area contributed by atoms with E-state index in [2.05, 4.69) is 43.1 Å². The third kappa shape index (κ3) is 4.78. The van der Waals surface area contributed by atoms with E-state index >= 15 is 0 Å². The zero-order chi connectivity index (χ0) is 13.2. The van der Waals surface area contributed by atoms with Gasteiger partial charge in [-0.1, -0.05) is 50.6 Å². The van der Waals surface area contributed by atoms with Gasteiger partial charge in [0.1, 0.15) is 0 Å². The summed E-state index contributed by atoms with van der Waals surface area (Å²) in [6, 6.07) is 8.64. The molecule has 1 aromatic carbocycles. The predicted molar refractivity (Wildman–Crippen MR) is 92.6 cm³/mol. The molecule has 1 aliphatic rings. The largest absolute Gasteiger partial charge is 0.314 e. The zero-order valence-electron chi connectivity index (χ0n) is 12.4. The molecule has 5 heteroatoms. The average Bonchev–Trinajstić information content (AvgIpc) is 2.32. The van der Waals surface area contributed by atoms with Gasteiger partial charge in [-0.05, 0) is 17.0 Å². The second-order valence-corrected chi connectivity index (χ2v) is 6.48. The van der Waals surface area contributed by atoms with Crippen LogP contribution in [0.5, 0.6) is 0 Å². The van der Waals surface area contributed by atoms with Gasteiger partial charge in [0.15, 0.2) is 0 Å². The van der Waals surface area contributed by atoms with Crippen molar-refractivity contribution in [2.75, 3.05) is 26.2 Å². The molecule has 2 nitrogen and oxygen atoms in total. The molecule has 0 amide bonds. The summed E-state index contributed by atoms with van der Waals surface area (Å²) in [5.74, 6) is 0. The van der Waals surface area contributed by atoms with Crippen LogP contribution in [0.4, 0.5) is 0 Å². The maximum atomic E-state index is 6.40. The summed E-state index contributed by atoms with van der Waals surface area (Å²) in [7, 11) is 0. The molecule has 0 aliphatic carbocycles. The minimum atomic E-state index is 0. The molecule has 116 valence electrons. The summed E-state index contributed by atoms with van der Waals surface area (Å²) >= 11 is 6.40. The van der Waals surface area contributed by atoms with Crippen LogP contribution in [-0.2, 0) is 0 Å². The summed E-state index contributed by atoms with van der Waals surface area (Å²) in [5, 5.41) is 4.30. The number of nitrogens with one attached hydrogen (secondary N) is 1. The monoisotopic (exact) mass is 338 g/mol. The maximum absolute atomic E-state index is 6.40. The SMILES string of the molecule is CC(C)(C)[C@@H](c1ccccc1Cl)N1CCNCC1.Cl.Cl. The lowest BCUT2D eigenvalue weighted by Crippen LogP contribution is -2.48. The molecule has 1 fully saturated rings. The van der Waals surface area contributed by atoms with E-state index in [0.29, 0.717) is 6.04 Å². The molecule has 2 rings (SSSR count). The summed E-state index contributed by atoms with van der Waals surface area (Å²) < 4.78 is 0. The van der Waals surface area contributed by atoms with Crippen LogP contribution in [0.1, 0.15) is 32.4 Å². The van der Waals surface area contributed by atoms with Gasteiger partial charge in [-0.15, -0.1) is 24.8 Å². The number of nitrogens with zero attached hydrogens (tertiary/aromatic N) is 1. The van der Waals surface area contributed by atoms with E-state index in [0.717, 1.165) is 31.2 Å². The van der Waals surface area contributed by atoms with Crippen LogP contribution in [0.25, 0.3) is 0 Å². The van der Waals surface area contributed by atoms with Gasteiger partial charge < -0.3 is 5.32 Å². The number of hydrogen-bond acceptors (Lipinski definition) is 2. The zero-order valence-corrected chi connectivity index (χ0v) is 14.7. The molecule has 0 spiro atoms. The second kappa shape index (κ2) is 8.45. The first kappa shape index (κ1) is 20.0. The van der Waals surface area contributed by atoms with Gasteiger partial charge in [-0.3, -0.25) is 4.90 Å². The van der Waals surface area contributed by atoms with Crippen LogP contribution in [0.3, 0.4) is 0 Å². The molecule has 1 N–H and O–H groups in total. The van der Waals surface area contributed by atoms with E-state index in [9.17, 15) is 0 Å². The highest BCUT2D eigenvalue weighted by atomic mass is 35.5. The third-order valence-corrected chi connectivity index (χ3v) is 3.88. The molecule has 0 unspecified atom stereocenters. The molecule has 1 saturated heterocycles. The molecule has 0 saturated carbocycles. The Hall–Kier alpha value is 0.01000.